The van der Waals surface area contributed by atoms with E-state index in [4.69, 9.17) is 0 Å². The molecule has 0 unspecified atom stereocenters. The molecule has 0 spiro atoms. The van der Waals surface area contributed by atoms with Gasteiger partial charge in [-0.25, -0.2) is 0 Å². The van der Waals surface area contributed by atoms with Gasteiger partial charge in [-0.05, 0) is 31.5 Å². The fourth-order valence-electron chi connectivity index (χ4n) is 2.88. The first-order valence-electron chi connectivity index (χ1n) is 7.40. The van der Waals surface area contributed by atoms with Crippen LogP contribution < -0.4 is 4.90 Å². The topological polar surface area (TPSA) is 57.6 Å². The molecule has 1 atom stereocenters. The Morgan fingerprint density at radius 2 is 1.65 bits per heavy atom. The van der Waals surface area contributed by atoms with E-state index in [1.807, 2.05) is 49.4 Å². The van der Waals surface area contributed by atoms with Crippen LogP contribution in [-0.2, 0) is 9.59 Å². The second-order valence-corrected chi connectivity index (χ2v) is 5.64. The number of aryl methyl sites for hydroxylation is 1. The van der Waals surface area contributed by atoms with E-state index in [1.54, 1.807) is 12.1 Å². The van der Waals surface area contributed by atoms with E-state index >= 15 is 0 Å². The van der Waals surface area contributed by atoms with Gasteiger partial charge in [0.2, 0.25) is 0 Å². The molecule has 1 N–H and O–H groups in total. The van der Waals surface area contributed by atoms with Crippen LogP contribution in [0.1, 0.15) is 24.1 Å². The molecule has 4 nitrogen and oxygen atoms in total. The van der Waals surface area contributed by atoms with E-state index in [2.05, 4.69) is 0 Å². The van der Waals surface area contributed by atoms with Crippen molar-refractivity contribution in [2.75, 3.05) is 4.90 Å². The summed E-state index contributed by atoms with van der Waals surface area (Å²) in [5.74, 6) is -1.32. The van der Waals surface area contributed by atoms with E-state index in [1.165, 1.54) is 11.8 Å². The molecule has 3 rings (SSSR count). The predicted octanol–water partition coefficient (Wildman–Crippen LogP) is 3.48. The zero-order valence-corrected chi connectivity index (χ0v) is 13.0. The van der Waals surface area contributed by atoms with Crippen LogP contribution in [-0.4, -0.2) is 16.8 Å². The van der Waals surface area contributed by atoms with Crippen molar-refractivity contribution >= 4 is 17.4 Å². The molecule has 0 fully saturated rings. The monoisotopic (exact) mass is 307 g/mol. The maximum absolute atomic E-state index is 12.5. The zero-order chi connectivity index (χ0) is 16.6. The number of carbonyl (C=O) groups is 2. The molecular formula is C19H17NO3. The third-order valence-corrected chi connectivity index (χ3v) is 4.01. The summed E-state index contributed by atoms with van der Waals surface area (Å²) in [5.41, 5.74) is 2.66. The highest BCUT2D eigenvalue weighted by atomic mass is 16.3. The number of hydrogen-bond acceptors (Lipinski definition) is 3. The highest BCUT2D eigenvalue weighted by Crippen LogP contribution is 2.40. The van der Waals surface area contributed by atoms with Crippen LogP contribution in [0.2, 0.25) is 0 Å². The Bertz CT molecular complexity index is 791. The van der Waals surface area contributed by atoms with Crippen LogP contribution >= 0.6 is 0 Å². The number of para-hydroxylation sites is 1. The third kappa shape index (κ3) is 2.52. The van der Waals surface area contributed by atoms with Crippen molar-refractivity contribution in [2.45, 2.75) is 19.9 Å². The zero-order valence-electron chi connectivity index (χ0n) is 13.0. The van der Waals surface area contributed by atoms with Crippen LogP contribution in [0, 0.1) is 6.92 Å². The summed E-state index contributed by atoms with van der Waals surface area (Å²) in [4.78, 5) is 26.0. The Balaban J connectivity index is 2.17. The van der Waals surface area contributed by atoms with Crippen LogP contribution in [0.5, 0.6) is 0 Å². The quantitative estimate of drug-likeness (QED) is 0.944. The number of anilines is 1. The van der Waals surface area contributed by atoms with E-state index in [0.717, 1.165) is 11.1 Å². The second-order valence-electron chi connectivity index (χ2n) is 5.64. The van der Waals surface area contributed by atoms with Gasteiger partial charge in [0.15, 0.2) is 11.5 Å². The lowest BCUT2D eigenvalue weighted by molar-refractivity contribution is -0.117. The van der Waals surface area contributed by atoms with Crippen molar-refractivity contribution in [3.63, 3.8) is 0 Å². The number of nitrogens with zero attached hydrogens (tertiary/aromatic N) is 1. The van der Waals surface area contributed by atoms with Crippen LogP contribution in [0.3, 0.4) is 0 Å². The van der Waals surface area contributed by atoms with Gasteiger partial charge in [-0.1, -0.05) is 48.0 Å². The van der Waals surface area contributed by atoms with Gasteiger partial charge >= 0.3 is 0 Å². The lowest BCUT2D eigenvalue weighted by Crippen LogP contribution is -2.30. The minimum atomic E-state index is -0.608. The van der Waals surface area contributed by atoms with Crippen LogP contribution in [0.4, 0.5) is 5.69 Å². The summed E-state index contributed by atoms with van der Waals surface area (Å²) in [6, 6.07) is 16.1. The first kappa shape index (κ1) is 15.0. The van der Waals surface area contributed by atoms with Crippen LogP contribution in [0.25, 0.3) is 0 Å². The Labute approximate surface area is 134 Å². The van der Waals surface area contributed by atoms with Crippen molar-refractivity contribution in [1.29, 1.82) is 0 Å². The Hall–Kier alpha value is -2.88. The predicted molar refractivity (Wildman–Crippen MR) is 88.2 cm³/mol. The molecule has 0 bridgehead atoms. The average molecular weight is 307 g/mol. The number of rotatable bonds is 3. The van der Waals surface area contributed by atoms with Gasteiger partial charge in [0.05, 0.1) is 11.6 Å². The minimum absolute atomic E-state index is 0.141. The van der Waals surface area contributed by atoms with Gasteiger partial charge < -0.3 is 5.11 Å². The van der Waals surface area contributed by atoms with Gasteiger partial charge in [-0.3, -0.25) is 14.5 Å². The molecule has 0 radical (unpaired) electrons. The number of benzene rings is 2. The summed E-state index contributed by atoms with van der Waals surface area (Å²) in [5, 5.41) is 10.2. The fourth-order valence-corrected chi connectivity index (χ4v) is 2.88. The first-order chi connectivity index (χ1) is 11.0. The Kier molecular flexibility index (Phi) is 3.74. The maximum atomic E-state index is 12.5. The second kappa shape index (κ2) is 5.72. The highest BCUT2D eigenvalue weighted by molar-refractivity contribution is 6.16. The standard InChI is InChI=1S/C19H17NO3/c1-12-8-10-14(11-9-12)17-16(13(2)21)18(22)19(23)20(17)15-6-4-3-5-7-15/h3-11,17,22H,1-2H3/t17-/m1/s1. The summed E-state index contributed by atoms with van der Waals surface area (Å²) in [6.07, 6.45) is 0. The molecule has 0 saturated heterocycles. The molecule has 4 heteroatoms. The lowest BCUT2D eigenvalue weighted by Gasteiger charge is -2.26. The van der Waals surface area contributed by atoms with Gasteiger partial charge in [0.25, 0.3) is 5.91 Å². The summed E-state index contributed by atoms with van der Waals surface area (Å²) >= 11 is 0. The number of amides is 1. The SMILES string of the molecule is CC(=O)C1=C(O)C(=O)N(c2ccccc2)[C@@H]1c1ccc(C)cc1. The van der Waals surface area contributed by atoms with Crippen molar-refractivity contribution < 1.29 is 14.7 Å². The molecule has 0 saturated carbocycles. The van der Waals surface area contributed by atoms with Gasteiger partial charge in [-0.2, -0.15) is 0 Å². The molecular weight excluding hydrogens is 290 g/mol. The van der Waals surface area contributed by atoms with Crippen molar-refractivity contribution in [2.24, 2.45) is 0 Å². The normalized spacial score (nSPS) is 17.7. The van der Waals surface area contributed by atoms with E-state index in [9.17, 15) is 14.7 Å². The van der Waals surface area contributed by atoms with E-state index < -0.39 is 17.7 Å². The first-order valence-corrected chi connectivity index (χ1v) is 7.40. The largest absolute Gasteiger partial charge is 0.503 e. The highest BCUT2D eigenvalue weighted by Gasteiger charge is 2.43. The minimum Gasteiger partial charge on any atom is -0.503 e. The molecule has 116 valence electrons. The van der Waals surface area contributed by atoms with Gasteiger partial charge in [0.1, 0.15) is 0 Å². The van der Waals surface area contributed by atoms with Crippen LogP contribution in [0.15, 0.2) is 65.9 Å². The number of Topliss-reactive ketones (excluding diaryl/α,β-unsaturated/α-hetero) is 1. The summed E-state index contributed by atoms with van der Waals surface area (Å²) in [7, 11) is 0. The molecule has 1 heterocycles. The van der Waals surface area contributed by atoms with Gasteiger partial charge in [0, 0.05) is 5.69 Å². The van der Waals surface area contributed by atoms with Crippen molar-refractivity contribution in [3.05, 3.63) is 77.1 Å². The van der Waals surface area contributed by atoms with Crippen molar-refractivity contribution in [3.8, 4) is 0 Å². The third-order valence-electron chi connectivity index (χ3n) is 4.01. The number of carbonyl (C=O) groups excluding carboxylic acids is 2. The number of aliphatic hydroxyl groups excluding tert-OH is 1. The molecule has 0 aromatic heterocycles. The molecule has 1 amide bonds. The van der Waals surface area contributed by atoms with Crippen molar-refractivity contribution in [1.82, 2.24) is 0 Å². The molecule has 2 aromatic carbocycles. The number of aliphatic hydroxyl groups is 1. The molecule has 1 aliphatic heterocycles. The molecule has 1 aliphatic rings. The molecule has 0 aliphatic carbocycles. The molecule has 23 heavy (non-hydrogen) atoms. The summed E-state index contributed by atoms with van der Waals surface area (Å²) < 4.78 is 0. The Morgan fingerprint density at radius 3 is 2.22 bits per heavy atom. The fraction of sp³-hybridized carbons (Fsp3) is 0.158. The molecule has 2 aromatic rings. The van der Waals surface area contributed by atoms with Gasteiger partial charge in [-0.15, -0.1) is 0 Å². The lowest BCUT2D eigenvalue weighted by atomic mass is 9.96. The summed E-state index contributed by atoms with van der Waals surface area (Å²) in [6.45, 7) is 3.34. The number of ketones is 1. The van der Waals surface area contributed by atoms with E-state index in [0.29, 0.717) is 5.69 Å². The van der Waals surface area contributed by atoms with E-state index in [-0.39, 0.29) is 11.4 Å². The smallest absolute Gasteiger partial charge is 0.294 e. The Morgan fingerprint density at radius 1 is 1.04 bits per heavy atom. The average Bonchev–Trinajstić information content (AvgIpc) is 2.81. The maximum Gasteiger partial charge on any atom is 0.294 e. The number of hydrogen-bond donors (Lipinski definition) is 1.